The molecule has 0 aliphatic rings. The Balaban J connectivity index is 0.893. The van der Waals surface area contributed by atoms with Crippen LogP contribution in [0.25, 0.3) is 172 Å². The minimum atomic E-state index is 0.386. The van der Waals surface area contributed by atoms with E-state index in [0.29, 0.717) is 45.4 Å². The number of hydrogen-bond donors (Lipinski definition) is 0. The summed E-state index contributed by atoms with van der Waals surface area (Å²) < 4.78 is 4.64. The lowest BCUT2D eigenvalue weighted by Gasteiger charge is -2.18. The highest BCUT2D eigenvalue weighted by molar-refractivity contribution is 6.13. The third-order valence-corrected chi connectivity index (χ3v) is 18.7. The van der Waals surface area contributed by atoms with E-state index in [-0.39, 0.29) is 0 Å². The molecule has 3 aromatic heterocycles. The van der Waals surface area contributed by atoms with E-state index in [9.17, 15) is 10.5 Å². The van der Waals surface area contributed by atoms with Gasteiger partial charge in [0.15, 0.2) is 23.2 Å². The summed E-state index contributed by atoms with van der Waals surface area (Å²) in [4.78, 5) is 20.6. The molecule has 0 atom stereocenters. The van der Waals surface area contributed by atoms with Crippen LogP contribution in [0.3, 0.4) is 0 Å². The van der Waals surface area contributed by atoms with Crippen LogP contribution in [0.4, 0.5) is 5.69 Å². The average Bonchev–Trinajstić information content (AvgIpc) is 1.54. The largest absolute Gasteiger partial charge is 0.309 e. The Morgan fingerprint density at radius 3 is 1.01 bits per heavy atom. The fourth-order valence-electron chi connectivity index (χ4n) is 13.9. The monoisotopic (exact) mass is 1250 g/mol. The van der Waals surface area contributed by atoms with Crippen molar-refractivity contribution in [3.05, 3.63) is 350 Å². The van der Waals surface area contributed by atoms with Crippen molar-refractivity contribution in [2.45, 2.75) is 0 Å². The zero-order valence-electron chi connectivity index (χ0n) is 52.8. The van der Waals surface area contributed by atoms with Crippen molar-refractivity contribution in [3.63, 3.8) is 0 Å². The molecule has 0 amide bonds. The van der Waals surface area contributed by atoms with Crippen molar-refractivity contribution in [1.29, 1.82) is 10.5 Å². The first-order valence-electron chi connectivity index (χ1n) is 32.4. The van der Waals surface area contributed by atoms with Crippen molar-refractivity contribution in [2.75, 3.05) is 0 Å². The molecule has 0 fully saturated rings. The summed E-state index contributed by atoms with van der Waals surface area (Å²) in [6, 6.07) is 117. The van der Waals surface area contributed by atoms with Crippen LogP contribution in [0.2, 0.25) is 0 Å². The van der Waals surface area contributed by atoms with Crippen LogP contribution < -0.4 is 0 Å². The van der Waals surface area contributed by atoms with Gasteiger partial charge < -0.3 is 9.13 Å². The van der Waals surface area contributed by atoms with Crippen LogP contribution in [0, 0.1) is 29.2 Å². The highest BCUT2D eigenvalue weighted by Crippen LogP contribution is 2.45. The van der Waals surface area contributed by atoms with E-state index in [1.54, 1.807) is 0 Å². The quantitative estimate of drug-likeness (QED) is 0.113. The molecule has 0 aliphatic carbocycles. The van der Waals surface area contributed by atoms with Gasteiger partial charge in [-0.15, -0.1) is 0 Å². The molecule has 0 aliphatic heterocycles. The molecule has 0 unspecified atom stereocenters. The molecule has 14 aromatic carbocycles. The molecule has 3 heterocycles. The molecule has 0 N–H and O–H groups in total. The van der Waals surface area contributed by atoms with Crippen LogP contribution in [-0.4, -0.2) is 24.1 Å². The molecule has 17 aromatic rings. The maximum absolute atomic E-state index is 11.0. The predicted molar refractivity (Wildman–Crippen MR) is 399 cm³/mol. The van der Waals surface area contributed by atoms with Gasteiger partial charge in [0, 0.05) is 55.2 Å². The Labute approximate surface area is 566 Å². The predicted octanol–water partition coefficient (Wildman–Crippen LogP) is 23.0. The minimum Gasteiger partial charge on any atom is -0.309 e. The number of nitriles is 2. The first kappa shape index (κ1) is 58.0. The van der Waals surface area contributed by atoms with Gasteiger partial charge in [-0.3, -0.25) is 0 Å². The molecule has 0 bridgehead atoms. The third-order valence-electron chi connectivity index (χ3n) is 18.7. The molecule has 0 radical (unpaired) electrons. The van der Waals surface area contributed by atoms with Gasteiger partial charge in [0.25, 0.3) is 0 Å². The van der Waals surface area contributed by atoms with E-state index in [0.717, 1.165) is 138 Å². The second-order valence-corrected chi connectivity index (χ2v) is 24.4. The molecule has 98 heavy (non-hydrogen) atoms. The normalized spacial score (nSPS) is 11.2. The van der Waals surface area contributed by atoms with E-state index < -0.39 is 0 Å². The van der Waals surface area contributed by atoms with Gasteiger partial charge in [0.1, 0.15) is 0 Å². The van der Waals surface area contributed by atoms with E-state index >= 15 is 0 Å². The number of hydrogen-bond acceptors (Lipinski definition) is 5. The number of nitrogens with zero attached hydrogens (tertiary/aromatic N) is 8. The molecule has 8 nitrogen and oxygen atoms in total. The SMILES string of the molecule is [C-]#[N+]c1ccccc1-c1cc(-n2c3ccc(-c4ccccc4)cc3c3cc(-c4ccccc4)ccc32)ccc1-c1nc(-c2ccc(-c3ccc(C#N)cc3)cc2)nc(-c2ccc(-n3c4ccc(-c5ccccc5)cc4c4cc(-c5ccccc5)ccc43)cc2-c2ccccc2C#N)n1. The Bertz CT molecular complexity index is 5590. The number of fused-ring (bicyclic) bond motifs is 6. The molecule has 17 rings (SSSR count). The standard InChI is InChI=1S/C90H54N8/c1-93-83-29-17-16-28-74(83)78-55-72(98-86-48-40-68(61-22-10-4-11-23-61)52-81(86)82-53-69(41-49-87(82)98)62-24-12-5-13-25-62)43-45-76(78)90-95-88(65-36-34-64(35-37-65)63-32-30-58(56-91)31-33-63)94-89(96-90)75-44-42-71(54-77(75)73-27-15-14-26-70(73)57-92)97-84-46-38-66(59-18-6-2-7-19-59)50-79(84)80-51-67(39-47-85(80)97)60-20-8-3-9-21-60/h2-55H. The van der Waals surface area contributed by atoms with E-state index in [1.807, 2.05) is 121 Å². The Kier molecular flexibility index (Phi) is 14.5. The lowest BCUT2D eigenvalue weighted by molar-refractivity contribution is 1.07. The average molecular weight is 1250 g/mol. The van der Waals surface area contributed by atoms with Crippen molar-refractivity contribution in [2.24, 2.45) is 0 Å². The van der Waals surface area contributed by atoms with Crippen LogP contribution in [0.5, 0.6) is 0 Å². The van der Waals surface area contributed by atoms with Gasteiger partial charge >= 0.3 is 0 Å². The second-order valence-electron chi connectivity index (χ2n) is 24.4. The summed E-state index contributed by atoms with van der Waals surface area (Å²) in [5.41, 5.74) is 23.4. The molecular weight excluding hydrogens is 1190 g/mol. The lowest BCUT2D eigenvalue weighted by atomic mass is 9.94. The summed E-state index contributed by atoms with van der Waals surface area (Å²) in [6.07, 6.45) is 0. The molecule has 8 heteroatoms. The molecular formula is C90H54N8. The van der Waals surface area contributed by atoms with Gasteiger partial charge in [-0.25, -0.2) is 19.8 Å². The van der Waals surface area contributed by atoms with Crippen LogP contribution >= 0.6 is 0 Å². The van der Waals surface area contributed by atoms with Gasteiger partial charge in [-0.05, 0) is 175 Å². The number of aromatic nitrogens is 5. The number of benzene rings is 14. The van der Waals surface area contributed by atoms with Crippen LogP contribution in [0.1, 0.15) is 11.1 Å². The van der Waals surface area contributed by atoms with Crippen LogP contribution in [0.15, 0.2) is 328 Å². The molecule has 0 spiro atoms. The first-order valence-corrected chi connectivity index (χ1v) is 32.4. The van der Waals surface area contributed by atoms with Gasteiger partial charge in [-0.2, -0.15) is 10.5 Å². The topological polar surface area (TPSA) is 100 Å². The van der Waals surface area contributed by atoms with E-state index in [1.165, 1.54) is 0 Å². The Morgan fingerprint density at radius 2 is 0.602 bits per heavy atom. The third kappa shape index (κ3) is 10.4. The van der Waals surface area contributed by atoms with Gasteiger partial charge in [0.05, 0.1) is 51.9 Å². The van der Waals surface area contributed by atoms with Crippen LogP contribution in [-0.2, 0) is 0 Å². The summed E-state index contributed by atoms with van der Waals surface area (Å²) >= 11 is 0. The highest BCUT2D eigenvalue weighted by Gasteiger charge is 2.25. The fourth-order valence-corrected chi connectivity index (χ4v) is 13.9. The Morgan fingerprint density at radius 1 is 0.265 bits per heavy atom. The second kappa shape index (κ2) is 24.6. The fraction of sp³-hybridized carbons (Fsp3) is 0. The van der Waals surface area contributed by atoms with Crippen molar-refractivity contribution in [1.82, 2.24) is 24.1 Å². The van der Waals surface area contributed by atoms with Crippen molar-refractivity contribution >= 4 is 49.3 Å². The maximum Gasteiger partial charge on any atom is 0.194 e. The lowest BCUT2D eigenvalue weighted by Crippen LogP contribution is -2.04. The number of para-hydroxylation sites is 1. The van der Waals surface area contributed by atoms with E-state index in [4.69, 9.17) is 21.5 Å². The molecule has 0 saturated carbocycles. The van der Waals surface area contributed by atoms with Gasteiger partial charge in [-0.1, -0.05) is 224 Å². The van der Waals surface area contributed by atoms with E-state index in [2.05, 4.69) is 232 Å². The summed E-state index contributed by atoms with van der Waals surface area (Å²) in [5, 5.41) is 25.1. The van der Waals surface area contributed by atoms with Gasteiger partial charge in [0.2, 0.25) is 0 Å². The first-order chi connectivity index (χ1) is 48.4. The Hall–Kier alpha value is -13.8. The smallest absolute Gasteiger partial charge is 0.194 e. The zero-order chi connectivity index (χ0) is 65.6. The summed E-state index contributed by atoms with van der Waals surface area (Å²) in [5.74, 6) is 1.20. The summed E-state index contributed by atoms with van der Waals surface area (Å²) in [6.45, 7) is 8.62. The van der Waals surface area contributed by atoms with Crippen molar-refractivity contribution < 1.29 is 0 Å². The summed E-state index contributed by atoms with van der Waals surface area (Å²) in [7, 11) is 0. The molecule has 0 saturated heterocycles. The zero-order valence-corrected chi connectivity index (χ0v) is 52.8. The number of rotatable bonds is 12. The maximum atomic E-state index is 11.0. The minimum absolute atomic E-state index is 0.386. The highest BCUT2D eigenvalue weighted by atomic mass is 15.0. The molecule has 454 valence electrons. The van der Waals surface area contributed by atoms with Crippen molar-refractivity contribution in [3.8, 4) is 136 Å².